The minimum absolute atomic E-state index is 0.538. The summed E-state index contributed by atoms with van der Waals surface area (Å²) in [6.45, 7) is 1.08. The largest absolute Gasteiger partial charge is 0.490 e. The van der Waals surface area contributed by atoms with Crippen LogP contribution in [-0.4, -0.2) is 27.4 Å². The van der Waals surface area contributed by atoms with Crippen molar-refractivity contribution in [2.75, 3.05) is 27.4 Å². The van der Waals surface area contributed by atoms with Crippen LogP contribution in [0.3, 0.4) is 0 Å². The van der Waals surface area contributed by atoms with E-state index in [1.54, 1.807) is 14.2 Å². The van der Waals surface area contributed by atoms with Crippen molar-refractivity contribution < 1.29 is 18.9 Å². The first-order chi connectivity index (χ1) is 8.86. The number of fused-ring (bicyclic) bond motifs is 3. The van der Waals surface area contributed by atoms with Gasteiger partial charge in [-0.15, -0.1) is 0 Å². The van der Waals surface area contributed by atoms with Gasteiger partial charge < -0.3 is 18.9 Å². The van der Waals surface area contributed by atoms with E-state index < -0.39 is 0 Å². The summed E-state index contributed by atoms with van der Waals surface area (Å²) in [6.07, 6.45) is 7.99. The third-order valence-corrected chi connectivity index (χ3v) is 3.02. The molecule has 2 aliphatic rings. The highest BCUT2D eigenvalue weighted by molar-refractivity contribution is 5.83. The molecule has 4 heteroatoms. The Morgan fingerprint density at radius 1 is 0.833 bits per heavy atom. The standard InChI is InChI=1S/C14H14O4/c1-15-13-11-9(5-3-7-17-11)10-6-4-8-18-12(10)14(13)16-2/h3-6H,7-8H2,1-2H3. The minimum Gasteiger partial charge on any atom is -0.490 e. The van der Waals surface area contributed by atoms with Crippen LogP contribution in [0.2, 0.25) is 0 Å². The molecule has 94 valence electrons. The molecule has 0 radical (unpaired) electrons. The Balaban J connectivity index is 2.35. The molecule has 2 aliphatic heterocycles. The Morgan fingerprint density at radius 3 is 1.67 bits per heavy atom. The van der Waals surface area contributed by atoms with Gasteiger partial charge in [0.25, 0.3) is 0 Å². The van der Waals surface area contributed by atoms with Gasteiger partial charge in [-0.05, 0) is 12.2 Å². The second-order valence-corrected chi connectivity index (χ2v) is 3.98. The van der Waals surface area contributed by atoms with Gasteiger partial charge >= 0.3 is 0 Å². The fourth-order valence-corrected chi connectivity index (χ4v) is 2.28. The Kier molecular flexibility index (Phi) is 2.63. The Bertz CT molecular complexity index is 494. The summed E-state index contributed by atoms with van der Waals surface area (Å²) in [4.78, 5) is 0. The summed E-state index contributed by atoms with van der Waals surface area (Å²) in [5.74, 6) is 2.60. The SMILES string of the molecule is COc1c2c(c3c(c1OC)OCC=C3)C=CCO2. The van der Waals surface area contributed by atoms with Crippen molar-refractivity contribution in [3.8, 4) is 23.0 Å². The van der Waals surface area contributed by atoms with Crippen molar-refractivity contribution in [2.45, 2.75) is 0 Å². The van der Waals surface area contributed by atoms with Crippen molar-refractivity contribution in [1.82, 2.24) is 0 Å². The van der Waals surface area contributed by atoms with Crippen molar-refractivity contribution >= 4 is 12.2 Å². The maximum Gasteiger partial charge on any atom is 0.207 e. The predicted molar refractivity (Wildman–Crippen MR) is 68.6 cm³/mol. The highest BCUT2D eigenvalue weighted by Crippen LogP contribution is 2.52. The molecule has 0 amide bonds. The first-order valence-electron chi connectivity index (χ1n) is 5.77. The molecule has 0 fully saturated rings. The van der Waals surface area contributed by atoms with E-state index in [0.29, 0.717) is 36.2 Å². The second-order valence-electron chi connectivity index (χ2n) is 3.98. The molecular weight excluding hydrogens is 232 g/mol. The van der Waals surface area contributed by atoms with E-state index in [1.807, 2.05) is 24.3 Å². The molecule has 0 N–H and O–H groups in total. The minimum atomic E-state index is 0.538. The third-order valence-electron chi connectivity index (χ3n) is 3.02. The number of benzene rings is 1. The lowest BCUT2D eigenvalue weighted by Crippen LogP contribution is -2.10. The van der Waals surface area contributed by atoms with E-state index in [9.17, 15) is 0 Å². The molecule has 1 aromatic carbocycles. The van der Waals surface area contributed by atoms with E-state index in [1.165, 1.54) is 0 Å². The fourth-order valence-electron chi connectivity index (χ4n) is 2.28. The Labute approximate surface area is 105 Å². The molecule has 0 atom stereocenters. The summed E-state index contributed by atoms with van der Waals surface area (Å²) in [5, 5.41) is 0. The molecule has 2 heterocycles. The zero-order valence-electron chi connectivity index (χ0n) is 10.4. The number of ether oxygens (including phenoxy) is 4. The third kappa shape index (κ3) is 1.45. The maximum absolute atomic E-state index is 5.67. The molecule has 18 heavy (non-hydrogen) atoms. The maximum atomic E-state index is 5.67. The molecule has 4 nitrogen and oxygen atoms in total. The predicted octanol–water partition coefficient (Wildman–Crippen LogP) is 2.52. The Hall–Kier alpha value is -2.10. The van der Waals surface area contributed by atoms with Crippen LogP contribution < -0.4 is 18.9 Å². The number of hydrogen-bond acceptors (Lipinski definition) is 4. The van der Waals surface area contributed by atoms with E-state index in [2.05, 4.69) is 0 Å². The monoisotopic (exact) mass is 246 g/mol. The van der Waals surface area contributed by atoms with Gasteiger partial charge in [0.2, 0.25) is 11.5 Å². The van der Waals surface area contributed by atoms with Gasteiger partial charge in [-0.1, -0.05) is 12.2 Å². The van der Waals surface area contributed by atoms with Gasteiger partial charge in [0.15, 0.2) is 11.5 Å². The van der Waals surface area contributed by atoms with Gasteiger partial charge in [-0.25, -0.2) is 0 Å². The van der Waals surface area contributed by atoms with E-state index in [0.717, 1.165) is 11.1 Å². The molecule has 0 aliphatic carbocycles. The summed E-state index contributed by atoms with van der Waals surface area (Å²) < 4.78 is 22.2. The zero-order valence-corrected chi connectivity index (χ0v) is 10.4. The fraction of sp³-hybridized carbons (Fsp3) is 0.286. The van der Waals surface area contributed by atoms with Gasteiger partial charge in [0.1, 0.15) is 13.2 Å². The quantitative estimate of drug-likeness (QED) is 0.803. The topological polar surface area (TPSA) is 36.9 Å². The molecule has 0 bridgehead atoms. The van der Waals surface area contributed by atoms with Crippen LogP contribution in [0.1, 0.15) is 11.1 Å². The van der Waals surface area contributed by atoms with Crippen LogP contribution >= 0.6 is 0 Å². The van der Waals surface area contributed by atoms with Gasteiger partial charge in [0.05, 0.1) is 14.2 Å². The molecule has 1 aromatic rings. The number of hydrogen-bond donors (Lipinski definition) is 0. The summed E-state index contributed by atoms with van der Waals surface area (Å²) >= 11 is 0. The normalized spacial score (nSPS) is 15.2. The lowest BCUT2D eigenvalue weighted by molar-refractivity contribution is 0.283. The van der Waals surface area contributed by atoms with Crippen molar-refractivity contribution in [3.63, 3.8) is 0 Å². The highest BCUT2D eigenvalue weighted by atomic mass is 16.5. The lowest BCUT2D eigenvalue weighted by Gasteiger charge is -2.25. The van der Waals surface area contributed by atoms with E-state index in [4.69, 9.17) is 18.9 Å². The van der Waals surface area contributed by atoms with E-state index >= 15 is 0 Å². The average Bonchev–Trinajstić information content (AvgIpc) is 2.45. The summed E-state index contributed by atoms with van der Waals surface area (Å²) in [6, 6.07) is 0. The molecule has 0 aromatic heterocycles. The molecule has 3 rings (SSSR count). The van der Waals surface area contributed by atoms with Gasteiger partial charge in [-0.2, -0.15) is 0 Å². The first kappa shape index (κ1) is 11.0. The number of methoxy groups -OCH3 is 2. The van der Waals surface area contributed by atoms with Gasteiger partial charge in [-0.3, -0.25) is 0 Å². The van der Waals surface area contributed by atoms with Crippen molar-refractivity contribution in [3.05, 3.63) is 23.3 Å². The van der Waals surface area contributed by atoms with Crippen LogP contribution in [-0.2, 0) is 0 Å². The highest BCUT2D eigenvalue weighted by Gasteiger charge is 2.27. The molecule has 0 unspecified atom stereocenters. The molecule has 0 saturated heterocycles. The molecule has 0 spiro atoms. The summed E-state index contributed by atoms with van der Waals surface area (Å²) in [7, 11) is 3.20. The van der Waals surface area contributed by atoms with Crippen LogP contribution in [0.5, 0.6) is 23.0 Å². The zero-order chi connectivity index (χ0) is 12.5. The van der Waals surface area contributed by atoms with Crippen molar-refractivity contribution in [1.29, 1.82) is 0 Å². The van der Waals surface area contributed by atoms with Crippen LogP contribution in [0.15, 0.2) is 12.2 Å². The number of rotatable bonds is 2. The van der Waals surface area contributed by atoms with Crippen molar-refractivity contribution in [2.24, 2.45) is 0 Å². The molecule has 0 saturated carbocycles. The van der Waals surface area contributed by atoms with Crippen LogP contribution in [0, 0.1) is 0 Å². The van der Waals surface area contributed by atoms with Gasteiger partial charge in [0, 0.05) is 11.1 Å². The van der Waals surface area contributed by atoms with Crippen LogP contribution in [0.4, 0.5) is 0 Å². The molecular formula is C14H14O4. The lowest BCUT2D eigenvalue weighted by atomic mass is 10.00. The van der Waals surface area contributed by atoms with Crippen LogP contribution in [0.25, 0.3) is 12.2 Å². The first-order valence-corrected chi connectivity index (χ1v) is 5.77. The summed E-state index contributed by atoms with van der Waals surface area (Å²) in [5.41, 5.74) is 1.95. The second kappa shape index (κ2) is 4.29. The average molecular weight is 246 g/mol. The Morgan fingerprint density at radius 2 is 1.28 bits per heavy atom. The van der Waals surface area contributed by atoms with E-state index in [-0.39, 0.29) is 0 Å². The smallest absolute Gasteiger partial charge is 0.207 e.